The molecule has 126 valence electrons. The number of ether oxygens (including phenoxy) is 1. The van der Waals surface area contributed by atoms with Gasteiger partial charge in [-0.25, -0.2) is 4.79 Å². The van der Waals surface area contributed by atoms with E-state index in [9.17, 15) is 14.7 Å². The van der Waals surface area contributed by atoms with Crippen molar-refractivity contribution in [2.75, 3.05) is 13.2 Å². The summed E-state index contributed by atoms with van der Waals surface area (Å²) in [6.45, 7) is -0.0944. The van der Waals surface area contributed by atoms with Gasteiger partial charge in [0.2, 0.25) is 0 Å². The molecule has 0 aromatic heterocycles. The summed E-state index contributed by atoms with van der Waals surface area (Å²) >= 11 is 5.76. The normalized spacial score (nSPS) is 11.6. The van der Waals surface area contributed by atoms with Gasteiger partial charge in [-0.15, -0.1) is 0 Å². The van der Waals surface area contributed by atoms with Gasteiger partial charge in [0.1, 0.15) is 18.5 Å². The number of carbonyl (C=O) groups excluding carboxylic acids is 1. The van der Waals surface area contributed by atoms with Crippen molar-refractivity contribution in [3.8, 4) is 5.75 Å². The van der Waals surface area contributed by atoms with Gasteiger partial charge in [-0.1, -0.05) is 23.7 Å². The molecule has 6 nitrogen and oxygen atoms in total. The van der Waals surface area contributed by atoms with Crippen molar-refractivity contribution < 1.29 is 24.5 Å². The maximum absolute atomic E-state index is 12.0. The summed E-state index contributed by atoms with van der Waals surface area (Å²) in [5.41, 5.74) is -0.0577. The van der Waals surface area contributed by atoms with E-state index in [1.165, 1.54) is 18.2 Å². The third-order valence-corrected chi connectivity index (χ3v) is 3.41. The number of rotatable bonds is 7. The molecule has 0 unspecified atom stereocenters. The summed E-state index contributed by atoms with van der Waals surface area (Å²) in [6.07, 6.45) is -0.943. The van der Waals surface area contributed by atoms with Gasteiger partial charge < -0.3 is 20.3 Å². The highest BCUT2D eigenvalue weighted by atomic mass is 35.5. The van der Waals surface area contributed by atoms with Crippen LogP contribution in [0.5, 0.6) is 5.75 Å². The lowest BCUT2D eigenvalue weighted by molar-refractivity contribution is 0.0689. The maximum atomic E-state index is 12.0. The van der Waals surface area contributed by atoms with E-state index in [1.807, 2.05) is 0 Å². The number of carbonyl (C=O) groups is 2. The fourth-order valence-electron chi connectivity index (χ4n) is 1.96. The lowest BCUT2D eigenvalue weighted by atomic mass is 10.1. The third-order valence-electron chi connectivity index (χ3n) is 3.16. The van der Waals surface area contributed by atoms with Crippen LogP contribution < -0.4 is 10.1 Å². The maximum Gasteiger partial charge on any atom is 0.336 e. The van der Waals surface area contributed by atoms with Crippen LogP contribution in [0.3, 0.4) is 0 Å². The zero-order valence-corrected chi connectivity index (χ0v) is 13.4. The van der Waals surface area contributed by atoms with Crippen LogP contribution in [0.1, 0.15) is 20.7 Å². The first-order chi connectivity index (χ1) is 11.5. The Morgan fingerprint density at radius 2 is 1.71 bits per heavy atom. The molecule has 0 saturated carbocycles. The molecule has 0 fully saturated rings. The molecule has 0 radical (unpaired) electrons. The highest BCUT2D eigenvalue weighted by Gasteiger charge is 2.16. The van der Waals surface area contributed by atoms with Crippen molar-refractivity contribution in [3.63, 3.8) is 0 Å². The minimum atomic E-state index is -1.19. The summed E-state index contributed by atoms with van der Waals surface area (Å²) in [5, 5.41) is 22.0. The largest absolute Gasteiger partial charge is 0.491 e. The SMILES string of the molecule is O=C(O)c1ccccc1C(=O)NC[C@@H](O)COc1ccc(Cl)cc1. The molecule has 1 amide bonds. The summed E-state index contributed by atoms with van der Waals surface area (Å²) in [5.74, 6) is -1.22. The molecule has 24 heavy (non-hydrogen) atoms. The second-order valence-electron chi connectivity index (χ2n) is 4.98. The Kier molecular flexibility index (Phi) is 6.17. The van der Waals surface area contributed by atoms with Crippen LogP contribution in [0, 0.1) is 0 Å². The molecule has 2 rings (SSSR count). The zero-order valence-electron chi connectivity index (χ0n) is 12.6. The van der Waals surface area contributed by atoms with Crippen molar-refractivity contribution in [1.29, 1.82) is 0 Å². The molecule has 0 saturated heterocycles. The van der Waals surface area contributed by atoms with Crippen LogP contribution in [0.25, 0.3) is 0 Å². The number of halogens is 1. The first-order valence-electron chi connectivity index (χ1n) is 7.14. The number of aliphatic hydroxyl groups excluding tert-OH is 1. The number of amides is 1. The van der Waals surface area contributed by atoms with E-state index in [2.05, 4.69) is 5.32 Å². The van der Waals surface area contributed by atoms with Gasteiger partial charge in [-0.2, -0.15) is 0 Å². The fourth-order valence-corrected chi connectivity index (χ4v) is 2.08. The van der Waals surface area contributed by atoms with E-state index in [1.54, 1.807) is 30.3 Å². The Balaban J connectivity index is 1.85. The number of hydrogen-bond acceptors (Lipinski definition) is 4. The first kappa shape index (κ1) is 17.8. The minimum absolute atomic E-state index is 0.0253. The van der Waals surface area contributed by atoms with E-state index in [0.717, 1.165) is 0 Å². The van der Waals surface area contributed by atoms with Gasteiger partial charge >= 0.3 is 5.97 Å². The average Bonchev–Trinajstić information content (AvgIpc) is 2.59. The number of nitrogens with one attached hydrogen (secondary N) is 1. The molecule has 2 aromatic rings. The molecule has 7 heteroatoms. The lowest BCUT2D eigenvalue weighted by Crippen LogP contribution is -2.35. The van der Waals surface area contributed by atoms with Gasteiger partial charge in [0, 0.05) is 11.6 Å². The van der Waals surface area contributed by atoms with Gasteiger partial charge in [0.25, 0.3) is 5.91 Å². The van der Waals surface area contributed by atoms with Gasteiger partial charge in [0.15, 0.2) is 0 Å². The Labute approximate surface area is 143 Å². The molecular weight excluding hydrogens is 334 g/mol. The highest BCUT2D eigenvalue weighted by Crippen LogP contribution is 2.15. The van der Waals surface area contributed by atoms with E-state index < -0.39 is 18.0 Å². The van der Waals surface area contributed by atoms with Crippen LogP contribution in [-0.2, 0) is 0 Å². The number of aliphatic hydroxyl groups is 1. The number of carboxylic acid groups (broad SMARTS) is 1. The van der Waals surface area contributed by atoms with Crippen LogP contribution in [0.4, 0.5) is 0 Å². The molecule has 0 spiro atoms. The van der Waals surface area contributed by atoms with Crippen molar-refractivity contribution >= 4 is 23.5 Å². The molecule has 0 aliphatic heterocycles. The second-order valence-corrected chi connectivity index (χ2v) is 5.42. The molecule has 0 bridgehead atoms. The summed E-state index contributed by atoms with van der Waals surface area (Å²) in [7, 11) is 0. The highest BCUT2D eigenvalue weighted by molar-refractivity contribution is 6.30. The molecular formula is C17H16ClNO5. The molecule has 2 aromatic carbocycles. The second kappa shape index (κ2) is 8.33. The molecule has 0 heterocycles. The molecule has 3 N–H and O–H groups in total. The van der Waals surface area contributed by atoms with Gasteiger partial charge in [-0.05, 0) is 36.4 Å². The van der Waals surface area contributed by atoms with Crippen LogP contribution in [0.15, 0.2) is 48.5 Å². The smallest absolute Gasteiger partial charge is 0.336 e. The van der Waals surface area contributed by atoms with Crippen LogP contribution in [-0.4, -0.2) is 41.3 Å². The van der Waals surface area contributed by atoms with Crippen LogP contribution in [0.2, 0.25) is 5.02 Å². The first-order valence-corrected chi connectivity index (χ1v) is 7.52. The Morgan fingerprint density at radius 1 is 1.08 bits per heavy atom. The van der Waals surface area contributed by atoms with Crippen molar-refractivity contribution in [2.24, 2.45) is 0 Å². The van der Waals surface area contributed by atoms with Crippen molar-refractivity contribution in [3.05, 3.63) is 64.7 Å². The monoisotopic (exact) mass is 349 g/mol. The van der Waals surface area contributed by atoms with E-state index in [4.69, 9.17) is 21.4 Å². The van der Waals surface area contributed by atoms with Gasteiger partial charge in [-0.3, -0.25) is 4.79 Å². The zero-order chi connectivity index (χ0) is 17.5. The van der Waals surface area contributed by atoms with Crippen molar-refractivity contribution in [1.82, 2.24) is 5.32 Å². The number of carboxylic acids is 1. The summed E-state index contributed by atoms with van der Waals surface area (Å²) in [4.78, 5) is 23.1. The molecule has 0 aliphatic carbocycles. The summed E-state index contributed by atoms with van der Waals surface area (Å²) in [6, 6.07) is 12.5. The quantitative estimate of drug-likeness (QED) is 0.712. The van der Waals surface area contributed by atoms with Crippen LogP contribution >= 0.6 is 11.6 Å². The summed E-state index contributed by atoms with van der Waals surface area (Å²) < 4.78 is 5.37. The molecule has 0 aliphatic rings. The van der Waals surface area contributed by atoms with Crippen molar-refractivity contribution in [2.45, 2.75) is 6.10 Å². The molecule has 1 atom stereocenters. The van der Waals surface area contributed by atoms with Gasteiger partial charge in [0.05, 0.1) is 11.1 Å². The van der Waals surface area contributed by atoms with E-state index in [0.29, 0.717) is 10.8 Å². The third kappa shape index (κ3) is 4.97. The predicted octanol–water partition coefficient (Wildman–Crippen LogP) is 2.21. The average molecular weight is 350 g/mol. The fraction of sp³-hybridized carbons (Fsp3) is 0.176. The number of aromatic carboxylic acids is 1. The predicted molar refractivity (Wildman–Crippen MR) is 88.7 cm³/mol. The van der Waals surface area contributed by atoms with E-state index >= 15 is 0 Å². The number of hydrogen-bond donors (Lipinski definition) is 3. The minimum Gasteiger partial charge on any atom is -0.491 e. The standard InChI is InChI=1S/C17H16ClNO5/c18-11-5-7-13(8-6-11)24-10-12(20)9-19-16(21)14-3-1-2-4-15(14)17(22)23/h1-8,12,20H,9-10H2,(H,19,21)(H,22,23)/t12-/m1/s1. The van der Waals surface area contributed by atoms with E-state index in [-0.39, 0.29) is 24.3 Å². The Bertz CT molecular complexity index is 717. The number of benzene rings is 2. The Hall–Kier alpha value is -2.57. The Morgan fingerprint density at radius 3 is 2.33 bits per heavy atom. The lowest BCUT2D eigenvalue weighted by Gasteiger charge is -2.14. The topological polar surface area (TPSA) is 95.9 Å².